The molecular weight excluding hydrogens is 378 g/mol. The van der Waals surface area contributed by atoms with Gasteiger partial charge in [-0.15, -0.1) is 0 Å². The highest BCUT2D eigenvalue weighted by Gasteiger charge is 2.16. The minimum atomic E-state index is -3.93. The molecule has 21 heavy (non-hydrogen) atoms. The number of aromatic carboxylic acids is 1. The van der Waals surface area contributed by atoms with E-state index >= 15 is 0 Å². The van der Waals surface area contributed by atoms with Crippen molar-refractivity contribution in [1.82, 2.24) is 0 Å². The van der Waals surface area contributed by atoms with Crippen molar-refractivity contribution >= 4 is 43.7 Å². The second-order valence-electron chi connectivity index (χ2n) is 4.06. The largest absolute Gasteiger partial charge is 0.478 e. The molecule has 2 aromatic rings. The van der Waals surface area contributed by atoms with Gasteiger partial charge >= 0.3 is 5.97 Å². The zero-order chi connectivity index (χ0) is 15.6. The van der Waals surface area contributed by atoms with Crippen LogP contribution in [0.1, 0.15) is 10.4 Å². The number of sulfonamides is 1. The van der Waals surface area contributed by atoms with Gasteiger partial charge in [-0.25, -0.2) is 18.4 Å². The van der Waals surface area contributed by atoms with E-state index in [4.69, 9.17) is 5.14 Å². The number of hydrogen-bond acceptors (Lipinski definition) is 4. The fourth-order valence-electron chi connectivity index (χ4n) is 1.57. The quantitative estimate of drug-likeness (QED) is 0.840. The van der Waals surface area contributed by atoms with Gasteiger partial charge in [-0.2, -0.15) is 0 Å². The predicted molar refractivity (Wildman–Crippen MR) is 83.0 cm³/mol. The van der Waals surface area contributed by atoms with E-state index in [2.05, 4.69) is 15.9 Å². The summed E-state index contributed by atoms with van der Waals surface area (Å²) in [4.78, 5) is 12.3. The van der Waals surface area contributed by atoms with Crippen LogP contribution in [0.2, 0.25) is 0 Å². The molecule has 0 radical (unpaired) electrons. The van der Waals surface area contributed by atoms with Gasteiger partial charge in [0.2, 0.25) is 10.0 Å². The number of benzene rings is 2. The summed E-state index contributed by atoms with van der Waals surface area (Å²) in [5.41, 5.74) is -0.102. The van der Waals surface area contributed by atoms with E-state index in [1.807, 2.05) is 24.3 Å². The van der Waals surface area contributed by atoms with Crippen molar-refractivity contribution in [2.24, 2.45) is 5.14 Å². The fourth-order valence-corrected chi connectivity index (χ4v) is 3.29. The summed E-state index contributed by atoms with van der Waals surface area (Å²) < 4.78 is 23.5. The Balaban J connectivity index is 2.44. The van der Waals surface area contributed by atoms with Crippen LogP contribution in [-0.2, 0) is 10.0 Å². The zero-order valence-electron chi connectivity index (χ0n) is 10.5. The third-order valence-electron chi connectivity index (χ3n) is 2.55. The minimum absolute atomic E-state index is 0.102. The summed E-state index contributed by atoms with van der Waals surface area (Å²) in [6, 6.07) is 11.1. The third kappa shape index (κ3) is 4.07. The van der Waals surface area contributed by atoms with E-state index in [1.165, 1.54) is 23.9 Å². The van der Waals surface area contributed by atoms with E-state index < -0.39 is 16.0 Å². The summed E-state index contributed by atoms with van der Waals surface area (Å²) in [5.74, 6) is -1.21. The topological polar surface area (TPSA) is 97.5 Å². The first kappa shape index (κ1) is 16.0. The van der Waals surface area contributed by atoms with Gasteiger partial charge in [0.1, 0.15) is 0 Å². The second-order valence-corrected chi connectivity index (χ2v) is 7.66. The molecule has 0 aromatic heterocycles. The van der Waals surface area contributed by atoms with Crippen LogP contribution >= 0.6 is 27.7 Å². The molecule has 5 nitrogen and oxygen atoms in total. The lowest BCUT2D eigenvalue weighted by atomic mass is 10.2. The van der Waals surface area contributed by atoms with Gasteiger partial charge in [0.15, 0.2) is 0 Å². The number of carboxylic acids is 1. The molecular formula is C13H10BrNO4S2. The molecule has 2 aromatic carbocycles. The highest BCUT2D eigenvalue weighted by molar-refractivity contribution is 9.10. The van der Waals surface area contributed by atoms with Crippen LogP contribution in [0.5, 0.6) is 0 Å². The van der Waals surface area contributed by atoms with Crippen molar-refractivity contribution in [3.8, 4) is 0 Å². The molecule has 0 unspecified atom stereocenters. The first-order chi connectivity index (χ1) is 9.77. The highest BCUT2D eigenvalue weighted by atomic mass is 79.9. The molecule has 0 aliphatic carbocycles. The standard InChI is InChI=1S/C13H10BrNO4S2/c14-8-1-3-9(4-2-8)20-12-6-5-10(21(15,18)19)7-11(12)13(16)17/h1-7H,(H,16,17)(H2,15,18,19). The monoisotopic (exact) mass is 387 g/mol. The average molecular weight is 388 g/mol. The average Bonchev–Trinajstić information content (AvgIpc) is 2.40. The molecule has 0 saturated carbocycles. The lowest BCUT2D eigenvalue weighted by Gasteiger charge is -2.08. The van der Waals surface area contributed by atoms with Crippen LogP contribution in [0, 0.1) is 0 Å². The number of rotatable bonds is 4. The molecule has 0 bridgehead atoms. The molecule has 110 valence electrons. The Labute approximate surface area is 134 Å². The van der Waals surface area contributed by atoms with Crippen molar-refractivity contribution < 1.29 is 18.3 Å². The summed E-state index contributed by atoms with van der Waals surface area (Å²) in [6.07, 6.45) is 0. The molecule has 0 atom stereocenters. The van der Waals surface area contributed by atoms with Gasteiger partial charge in [0.05, 0.1) is 10.5 Å². The molecule has 0 spiro atoms. The van der Waals surface area contributed by atoms with E-state index in [9.17, 15) is 18.3 Å². The van der Waals surface area contributed by atoms with Gasteiger partial charge in [-0.05, 0) is 42.5 Å². The second kappa shape index (κ2) is 6.18. The molecule has 0 heterocycles. The molecule has 2 rings (SSSR count). The van der Waals surface area contributed by atoms with E-state index in [-0.39, 0.29) is 10.5 Å². The molecule has 3 N–H and O–H groups in total. The fraction of sp³-hybridized carbons (Fsp3) is 0. The van der Waals surface area contributed by atoms with Gasteiger partial charge in [0, 0.05) is 14.3 Å². The normalized spacial score (nSPS) is 11.3. The Morgan fingerprint density at radius 3 is 2.29 bits per heavy atom. The smallest absolute Gasteiger partial charge is 0.336 e. The molecule has 0 aliphatic heterocycles. The van der Waals surface area contributed by atoms with Crippen LogP contribution in [0.4, 0.5) is 0 Å². The molecule has 0 amide bonds. The zero-order valence-corrected chi connectivity index (χ0v) is 13.7. The SMILES string of the molecule is NS(=O)(=O)c1ccc(Sc2ccc(Br)cc2)c(C(=O)O)c1. The van der Waals surface area contributed by atoms with Crippen LogP contribution in [0.3, 0.4) is 0 Å². The van der Waals surface area contributed by atoms with Crippen LogP contribution in [-0.4, -0.2) is 19.5 Å². The van der Waals surface area contributed by atoms with E-state index in [0.717, 1.165) is 15.4 Å². The Kier molecular flexibility index (Phi) is 4.72. The maximum Gasteiger partial charge on any atom is 0.336 e. The van der Waals surface area contributed by atoms with Gasteiger partial charge in [0.25, 0.3) is 0 Å². The number of halogens is 1. The molecule has 0 saturated heterocycles. The number of nitrogens with two attached hydrogens (primary N) is 1. The number of hydrogen-bond donors (Lipinski definition) is 2. The van der Waals surface area contributed by atoms with Crippen LogP contribution in [0.25, 0.3) is 0 Å². The molecule has 0 aliphatic rings. The number of primary sulfonamides is 1. The van der Waals surface area contributed by atoms with E-state index in [1.54, 1.807) is 0 Å². The van der Waals surface area contributed by atoms with Crippen molar-refractivity contribution in [2.75, 3.05) is 0 Å². The first-order valence-corrected chi connectivity index (χ1v) is 8.76. The number of carboxylic acid groups (broad SMARTS) is 1. The Morgan fingerprint density at radius 1 is 1.14 bits per heavy atom. The molecule has 8 heteroatoms. The summed E-state index contributed by atoms with van der Waals surface area (Å²) in [7, 11) is -3.93. The van der Waals surface area contributed by atoms with Crippen molar-refractivity contribution in [2.45, 2.75) is 14.7 Å². The summed E-state index contributed by atoms with van der Waals surface area (Å²) >= 11 is 4.55. The van der Waals surface area contributed by atoms with Gasteiger partial charge in [-0.3, -0.25) is 0 Å². The Morgan fingerprint density at radius 2 is 1.76 bits per heavy atom. The Hall–Kier alpha value is -1.35. The van der Waals surface area contributed by atoms with Crippen LogP contribution in [0.15, 0.2) is 61.6 Å². The van der Waals surface area contributed by atoms with E-state index in [0.29, 0.717) is 4.90 Å². The maximum atomic E-state index is 11.3. The molecule has 0 fully saturated rings. The lowest BCUT2D eigenvalue weighted by Crippen LogP contribution is -2.13. The van der Waals surface area contributed by atoms with Crippen molar-refractivity contribution in [3.05, 3.63) is 52.5 Å². The maximum absolute atomic E-state index is 11.3. The lowest BCUT2D eigenvalue weighted by molar-refractivity contribution is 0.0693. The van der Waals surface area contributed by atoms with Gasteiger partial charge < -0.3 is 5.11 Å². The minimum Gasteiger partial charge on any atom is -0.478 e. The Bertz CT molecular complexity index is 788. The van der Waals surface area contributed by atoms with Gasteiger partial charge in [-0.1, -0.05) is 27.7 Å². The summed E-state index contributed by atoms with van der Waals surface area (Å²) in [5, 5.41) is 14.2. The highest BCUT2D eigenvalue weighted by Crippen LogP contribution is 2.32. The first-order valence-electron chi connectivity index (χ1n) is 5.61. The van der Waals surface area contributed by atoms with Crippen LogP contribution < -0.4 is 5.14 Å². The predicted octanol–water partition coefficient (Wildman–Crippen LogP) is 2.95. The third-order valence-corrected chi connectivity index (χ3v) is 5.07. The summed E-state index contributed by atoms with van der Waals surface area (Å²) in [6.45, 7) is 0. The van der Waals surface area contributed by atoms with Crippen molar-refractivity contribution in [3.63, 3.8) is 0 Å². The van der Waals surface area contributed by atoms with Crippen molar-refractivity contribution in [1.29, 1.82) is 0 Å². The number of carbonyl (C=O) groups is 1.